The van der Waals surface area contributed by atoms with Gasteiger partial charge in [0.2, 0.25) is 0 Å². The molecule has 0 spiro atoms. The normalized spacial score (nSPS) is 11.4. The molecule has 1 aromatic rings. The van der Waals surface area contributed by atoms with Crippen molar-refractivity contribution in [2.24, 2.45) is 0 Å². The van der Waals surface area contributed by atoms with Gasteiger partial charge in [-0.05, 0) is 17.7 Å². The number of benzene rings is 1. The Morgan fingerprint density at radius 2 is 1.62 bits per heavy atom. The molecule has 0 atom stereocenters. The van der Waals surface area contributed by atoms with Crippen LogP contribution in [0.4, 0.5) is 13.2 Å². The summed E-state index contributed by atoms with van der Waals surface area (Å²) in [6.45, 7) is -0.713. The van der Waals surface area contributed by atoms with Gasteiger partial charge < -0.3 is 14.6 Å². The summed E-state index contributed by atoms with van der Waals surface area (Å²) in [5, 5.41) is 8.87. The molecule has 1 aromatic carbocycles. The summed E-state index contributed by atoms with van der Waals surface area (Å²) in [7, 11) is 2.56. The second-order valence-corrected chi connectivity index (χ2v) is 3.02. The lowest BCUT2D eigenvalue weighted by Crippen LogP contribution is -2.10. The number of ether oxygens (including phenoxy) is 2. The fourth-order valence-electron chi connectivity index (χ4n) is 1.32. The molecule has 0 aliphatic rings. The molecule has 0 aromatic heterocycles. The molecule has 0 fully saturated rings. The lowest BCUT2D eigenvalue weighted by molar-refractivity contribution is -0.138. The van der Waals surface area contributed by atoms with Crippen molar-refractivity contribution in [3.05, 3.63) is 23.3 Å². The minimum atomic E-state index is -4.53. The molecule has 3 nitrogen and oxygen atoms in total. The van der Waals surface area contributed by atoms with Gasteiger partial charge in [-0.15, -0.1) is 0 Å². The Morgan fingerprint density at radius 1 is 1.12 bits per heavy atom. The van der Waals surface area contributed by atoms with Gasteiger partial charge in [0.05, 0.1) is 26.4 Å². The Balaban J connectivity index is 3.38. The number of alkyl halides is 3. The van der Waals surface area contributed by atoms with E-state index in [1.54, 1.807) is 0 Å². The van der Waals surface area contributed by atoms with Crippen molar-refractivity contribution < 1.29 is 27.8 Å². The zero-order valence-electron chi connectivity index (χ0n) is 8.76. The summed E-state index contributed by atoms with van der Waals surface area (Å²) in [5.74, 6) is 0.131. The molecular weight excluding hydrogens is 225 g/mol. The molecule has 0 aliphatic heterocycles. The Bertz CT molecular complexity index is 374. The van der Waals surface area contributed by atoms with Crippen LogP contribution < -0.4 is 9.47 Å². The summed E-state index contributed by atoms with van der Waals surface area (Å²) >= 11 is 0. The zero-order chi connectivity index (χ0) is 12.3. The van der Waals surface area contributed by atoms with Crippen molar-refractivity contribution in [3.8, 4) is 11.5 Å². The topological polar surface area (TPSA) is 38.7 Å². The highest BCUT2D eigenvalue weighted by Crippen LogP contribution is 2.38. The van der Waals surface area contributed by atoms with E-state index in [4.69, 9.17) is 14.6 Å². The fourth-order valence-corrected chi connectivity index (χ4v) is 1.32. The van der Waals surface area contributed by atoms with E-state index in [0.717, 1.165) is 12.1 Å². The van der Waals surface area contributed by atoms with Crippen LogP contribution >= 0.6 is 0 Å². The number of aliphatic hydroxyl groups excluding tert-OH is 1. The molecule has 0 saturated carbocycles. The number of methoxy groups -OCH3 is 2. The first-order valence-electron chi connectivity index (χ1n) is 4.37. The highest BCUT2D eigenvalue weighted by atomic mass is 19.4. The lowest BCUT2D eigenvalue weighted by atomic mass is 10.1. The number of halogens is 3. The van der Waals surface area contributed by atoms with E-state index in [2.05, 4.69) is 0 Å². The molecule has 0 amide bonds. The summed E-state index contributed by atoms with van der Waals surface area (Å²) in [6, 6.07) is 1.92. The fraction of sp³-hybridized carbons (Fsp3) is 0.400. The molecule has 0 unspecified atom stereocenters. The predicted molar refractivity (Wildman–Crippen MR) is 50.5 cm³/mol. The predicted octanol–water partition coefficient (Wildman–Crippen LogP) is 2.21. The van der Waals surface area contributed by atoms with Gasteiger partial charge in [0.1, 0.15) is 0 Å². The molecule has 6 heteroatoms. The maximum Gasteiger partial charge on any atom is 0.416 e. The largest absolute Gasteiger partial charge is 0.493 e. The van der Waals surface area contributed by atoms with E-state index in [9.17, 15) is 13.2 Å². The van der Waals surface area contributed by atoms with Gasteiger partial charge in [-0.25, -0.2) is 0 Å². The summed E-state index contributed by atoms with van der Waals surface area (Å²) in [6.07, 6.45) is -4.53. The SMILES string of the molecule is COc1cc(CO)c(C(F)(F)F)cc1OC. The van der Waals surface area contributed by atoms with Crippen molar-refractivity contribution in [2.45, 2.75) is 12.8 Å². The van der Waals surface area contributed by atoms with Crippen LogP contribution in [0.5, 0.6) is 11.5 Å². The average Bonchev–Trinajstić information content (AvgIpc) is 2.25. The van der Waals surface area contributed by atoms with Crippen LogP contribution in [0.3, 0.4) is 0 Å². The highest BCUT2D eigenvalue weighted by molar-refractivity contribution is 5.48. The molecule has 1 rings (SSSR count). The van der Waals surface area contributed by atoms with Crippen molar-refractivity contribution in [2.75, 3.05) is 14.2 Å². The van der Waals surface area contributed by atoms with Crippen molar-refractivity contribution in [3.63, 3.8) is 0 Å². The molecular formula is C10H11F3O3. The molecule has 1 N–H and O–H groups in total. The van der Waals surface area contributed by atoms with Crippen LogP contribution in [0, 0.1) is 0 Å². The van der Waals surface area contributed by atoms with Gasteiger partial charge in [0.25, 0.3) is 0 Å². The second-order valence-electron chi connectivity index (χ2n) is 3.02. The van der Waals surface area contributed by atoms with E-state index in [1.165, 1.54) is 14.2 Å². The van der Waals surface area contributed by atoms with E-state index in [-0.39, 0.29) is 17.1 Å². The Labute approximate surface area is 90.4 Å². The van der Waals surface area contributed by atoms with Crippen molar-refractivity contribution in [1.82, 2.24) is 0 Å². The minimum Gasteiger partial charge on any atom is -0.493 e. The minimum absolute atomic E-state index is 0.0213. The molecule has 0 bridgehead atoms. The molecule has 16 heavy (non-hydrogen) atoms. The van der Waals surface area contributed by atoms with Crippen LogP contribution in [-0.4, -0.2) is 19.3 Å². The first-order valence-corrected chi connectivity index (χ1v) is 4.37. The van der Waals surface area contributed by atoms with Gasteiger partial charge in [-0.2, -0.15) is 13.2 Å². The Hall–Kier alpha value is -1.43. The van der Waals surface area contributed by atoms with Gasteiger partial charge in [0.15, 0.2) is 11.5 Å². The van der Waals surface area contributed by atoms with Crippen LogP contribution in [-0.2, 0) is 12.8 Å². The Morgan fingerprint density at radius 3 is 2.00 bits per heavy atom. The first-order chi connectivity index (χ1) is 7.43. The quantitative estimate of drug-likeness (QED) is 0.874. The van der Waals surface area contributed by atoms with Gasteiger partial charge >= 0.3 is 6.18 Å². The van der Waals surface area contributed by atoms with E-state index < -0.39 is 18.3 Å². The number of hydrogen-bond acceptors (Lipinski definition) is 3. The third kappa shape index (κ3) is 2.38. The monoisotopic (exact) mass is 236 g/mol. The first kappa shape index (κ1) is 12.6. The van der Waals surface area contributed by atoms with E-state index >= 15 is 0 Å². The van der Waals surface area contributed by atoms with Gasteiger partial charge in [0, 0.05) is 0 Å². The smallest absolute Gasteiger partial charge is 0.416 e. The number of hydrogen-bond donors (Lipinski definition) is 1. The average molecular weight is 236 g/mol. The third-order valence-electron chi connectivity index (χ3n) is 2.09. The summed E-state index contributed by atoms with van der Waals surface area (Å²) in [4.78, 5) is 0. The number of aliphatic hydroxyl groups is 1. The van der Waals surface area contributed by atoms with Crippen molar-refractivity contribution >= 4 is 0 Å². The maximum atomic E-state index is 12.6. The molecule has 0 radical (unpaired) electrons. The van der Waals surface area contributed by atoms with Gasteiger partial charge in [-0.3, -0.25) is 0 Å². The lowest BCUT2D eigenvalue weighted by Gasteiger charge is -2.15. The molecule has 90 valence electrons. The molecule has 0 saturated heterocycles. The van der Waals surface area contributed by atoms with E-state index in [0.29, 0.717) is 0 Å². The molecule has 0 heterocycles. The van der Waals surface area contributed by atoms with Crippen LogP contribution in [0.2, 0.25) is 0 Å². The number of rotatable bonds is 3. The van der Waals surface area contributed by atoms with Crippen LogP contribution in [0.25, 0.3) is 0 Å². The van der Waals surface area contributed by atoms with Crippen LogP contribution in [0.15, 0.2) is 12.1 Å². The third-order valence-corrected chi connectivity index (χ3v) is 2.09. The van der Waals surface area contributed by atoms with Crippen LogP contribution in [0.1, 0.15) is 11.1 Å². The Kier molecular flexibility index (Phi) is 3.64. The molecule has 0 aliphatic carbocycles. The summed E-state index contributed by atoms with van der Waals surface area (Å²) in [5.41, 5.74) is -1.17. The standard InChI is InChI=1S/C10H11F3O3/c1-15-8-3-6(5-14)7(10(11,12)13)4-9(8)16-2/h3-4,14H,5H2,1-2H3. The van der Waals surface area contributed by atoms with Crippen molar-refractivity contribution in [1.29, 1.82) is 0 Å². The maximum absolute atomic E-state index is 12.6. The second kappa shape index (κ2) is 4.61. The van der Waals surface area contributed by atoms with E-state index in [1.807, 2.05) is 0 Å². The summed E-state index contributed by atoms with van der Waals surface area (Å²) < 4.78 is 47.3. The zero-order valence-corrected chi connectivity index (χ0v) is 8.76. The highest BCUT2D eigenvalue weighted by Gasteiger charge is 2.34. The van der Waals surface area contributed by atoms with Gasteiger partial charge in [-0.1, -0.05) is 0 Å².